The molecule has 43 heteroatoms. The van der Waals surface area contributed by atoms with Gasteiger partial charge in [0.15, 0.2) is 35.3 Å². The lowest BCUT2D eigenvalue weighted by molar-refractivity contribution is -0.284. The van der Waals surface area contributed by atoms with Crippen LogP contribution in [0.3, 0.4) is 0 Å². The summed E-state index contributed by atoms with van der Waals surface area (Å²) < 4.78 is 56.4. The van der Waals surface area contributed by atoms with Crippen molar-refractivity contribution >= 4 is 70.5 Å². The topological polar surface area (TPSA) is 659 Å². The highest BCUT2D eigenvalue weighted by molar-refractivity contribution is 6.32. The molecule has 642 valence electrons. The first-order chi connectivity index (χ1) is 57.6. The second-order valence-electron chi connectivity index (χ2n) is 29.3. The first kappa shape index (κ1) is 85.8. The van der Waals surface area contributed by atoms with Crippen molar-refractivity contribution < 1.29 is 158 Å². The number of aliphatic hydroxyl groups excluding tert-OH is 10. The predicted octanol–water partition coefficient (Wildman–Crippen LogP) is -2.13. The molecule has 16 rings (SSSR count). The van der Waals surface area contributed by atoms with Gasteiger partial charge in [0.1, 0.15) is 150 Å². The molecule has 11 unspecified atom stereocenters. The average molecular weight is 1730 g/mol. The summed E-state index contributed by atoms with van der Waals surface area (Å²) in [6, 6.07) is 0.910. The van der Waals surface area contributed by atoms with Crippen molar-refractivity contribution in [1.29, 1.82) is 0 Å². The molecule has 3 saturated heterocycles. The summed E-state index contributed by atoms with van der Waals surface area (Å²) in [6.07, 6.45) is -28.6. The van der Waals surface area contributed by atoms with Crippen molar-refractivity contribution in [3.05, 3.63) is 164 Å². The van der Waals surface area contributed by atoms with Gasteiger partial charge in [-0.3, -0.25) is 33.6 Å². The highest BCUT2D eigenvalue weighted by atomic mass is 35.5. The molecular weight excluding hydrogens is 1650 g/mol. The molecule has 0 radical (unpaired) electrons. The minimum absolute atomic E-state index is 0.0346. The van der Waals surface area contributed by atoms with Gasteiger partial charge in [0, 0.05) is 42.2 Å². The Morgan fingerprint density at radius 3 is 1.69 bits per heavy atom. The van der Waals surface area contributed by atoms with Gasteiger partial charge in [0.25, 0.3) is 0 Å². The van der Waals surface area contributed by atoms with E-state index < -0.39 is 299 Å². The van der Waals surface area contributed by atoms with Crippen LogP contribution in [0.1, 0.15) is 82.2 Å². The van der Waals surface area contributed by atoms with Crippen molar-refractivity contribution in [3.8, 4) is 80.1 Å². The molecule has 0 aromatic heterocycles. The zero-order chi connectivity index (χ0) is 86.8. The molecular formula is C78H79Cl2N9O32. The van der Waals surface area contributed by atoms with Crippen LogP contribution in [0.5, 0.6) is 69.0 Å². The maximum atomic E-state index is 16.8. The smallest absolute Gasteiger partial charge is 0.330 e. The van der Waals surface area contributed by atoms with E-state index in [2.05, 4.69) is 37.2 Å². The highest BCUT2D eigenvalue weighted by Gasteiger charge is 2.52. The number of amides is 7. The first-order valence-corrected chi connectivity index (χ1v) is 37.9. The zero-order valence-corrected chi connectivity index (χ0v) is 64.1. The molecule has 41 nitrogen and oxygen atoms in total. The minimum Gasteiger partial charge on any atom is -0.508 e. The van der Waals surface area contributed by atoms with E-state index in [1.54, 1.807) is 0 Å². The van der Waals surface area contributed by atoms with Gasteiger partial charge < -0.3 is 168 Å². The van der Waals surface area contributed by atoms with Gasteiger partial charge >= 0.3 is 5.97 Å². The largest absolute Gasteiger partial charge is 0.508 e. The fourth-order valence-electron chi connectivity index (χ4n) is 14.9. The second-order valence-corrected chi connectivity index (χ2v) is 30.1. The number of phenolic OH excluding ortho intramolecular Hbond substituents is 4. The van der Waals surface area contributed by atoms with Gasteiger partial charge in [-0.05, 0) is 112 Å². The molecule has 7 aromatic rings. The van der Waals surface area contributed by atoms with Gasteiger partial charge in [0.05, 0.1) is 35.9 Å². The van der Waals surface area contributed by atoms with E-state index in [0.29, 0.717) is 0 Å². The number of nitrogens with one attached hydrogen (secondary N) is 7. The molecule has 7 amide bonds. The molecule has 3 fully saturated rings. The van der Waals surface area contributed by atoms with Crippen molar-refractivity contribution in [2.24, 2.45) is 11.5 Å². The standard InChI is InChI=1S/C78H79Cl2N9O32/c1-25(93)83-58-64(102)61(99)49(23-91)118-77(58)120-67-29-5-9-43(38(80)15-29)115-47-18-31-17-46(68(47)121-76-53(82)63(101)60(98)48(22-90)117-76)114-42-8-2-26(10-37(42)79)11-39-69(105)85-55(30-12-32(94)19-34(13-30)113-44-16-27(3-7-41(44)97)52(81)70(106)84-39)72(108)87-56(31)73(109)86-54-28-4-6-40(96)35(14-28)51-36(57(75(111)112)88-74(110)59(67)89-71(54)107)20-33(95)21-45(51)116-78-66(104)65(103)62(100)50(24-92)119-78/h2-10,12-21,39,48-50,52-67,76-78,90-92,94-104H,11,22-24,81-82H2,1H3,(H,83,93)(H,84,106)(H,85,105)(H,86,109)(H,87,108)(H,88,110)(H,89,107)(H,111,112)/t39-,48-,49-,50?,52?,53?,54?,55+,56-,57-,58?,59?,60?,61?,62-,63-,64-,65?,66?,67?,76+,77+,78+/m1/s1. The molecule has 0 aliphatic carbocycles. The number of phenols is 4. The van der Waals surface area contributed by atoms with Gasteiger partial charge in [-0.2, -0.15) is 0 Å². The van der Waals surface area contributed by atoms with Crippen molar-refractivity contribution in [2.75, 3.05) is 19.8 Å². The maximum absolute atomic E-state index is 16.8. The number of aliphatic carboxylic acids is 1. The summed E-state index contributed by atoms with van der Waals surface area (Å²) in [7, 11) is 0. The third-order valence-corrected chi connectivity index (χ3v) is 21.8. The minimum atomic E-state index is -2.57. The number of aliphatic hydroxyl groups is 10. The summed E-state index contributed by atoms with van der Waals surface area (Å²) in [5, 5.41) is 185. The number of ether oxygens (including phenoxy) is 9. The molecule has 26 N–H and O–H groups in total. The fraction of sp³-hybridized carbons (Fsp3) is 0.359. The molecule has 121 heavy (non-hydrogen) atoms. The lowest BCUT2D eigenvalue weighted by Crippen LogP contribution is -2.65. The third-order valence-electron chi connectivity index (χ3n) is 21.2. The monoisotopic (exact) mass is 1720 g/mol. The Hall–Kier alpha value is -11.6. The highest BCUT2D eigenvalue weighted by Crippen LogP contribution is 2.51. The molecule has 9 heterocycles. The van der Waals surface area contributed by atoms with Crippen LogP contribution >= 0.6 is 23.2 Å². The van der Waals surface area contributed by atoms with Gasteiger partial charge in [-0.15, -0.1) is 0 Å². The van der Waals surface area contributed by atoms with E-state index in [1.165, 1.54) is 30.3 Å². The summed E-state index contributed by atoms with van der Waals surface area (Å²) in [4.78, 5) is 123. The van der Waals surface area contributed by atoms with Crippen LogP contribution in [-0.4, -0.2) is 248 Å². The third kappa shape index (κ3) is 17.3. The lowest BCUT2D eigenvalue weighted by atomic mass is 9.89. The quantitative estimate of drug-likeness (QED) is 0.0657. The second kappa shape index (κ2) is 34.9. The van der Waals surface area contributed by atoms with E-state index in [0.717, 1.165) is 91.9 Å². The number of rotatable bonds is 11. The Morgan fingerprint density at radius 1 is 0.496 bits per heavy atom. The molecule has 17 bridgehead atoms. The Labute approximate surface area is 691 Å². The van der Waals surface area contributed by atoms with E-state index >= 15 is 24.0 Å². The molecule has 0 spiro atoms. The van der Waals surface area contributed by atoms with Crippen molar-refractivity contribution in [1.82, 2.24) is 37.2 Å². The maximum Gasteiger partial charge on any atom is 0.330 e. The summed E-state index contributed by atoms with van der Waals surface area (Å²) >= 11 is 14.5. The predicted molar refractivity (Wildman–Crippen MR) is 407 cm³/mol. The molecule has 9 aliphatic rings. The van der Waals surface area contributed by atoms with Crippen LogP contribution in [0.15, 0.2) is 115 Å². The van der Waals surface area contributed by atoms with Crippen LogP contribution in [0, 0.1) is 0 Å². The molecule has 23 atom stereocenters. The van der Waals surface area contributed by atoms with Gasteiger partial charge in [0.2, 0.25) is 59.7 Å². The van der Waals surface area contributed by atoms with E-state index in [4.69, 9.17) is 77.3 Å². The summed E-state index contributed by atoms with van der Waals surface area (Å²) in [5.41, 5.74) is 9.40. The fourth-order valence-corrected chi connectivity index (χ4v) is 15.4. The lowest BCUT2D eigenvalue weighted by Gasteiger charge is -2.44. The Balaban J connectivity index is 1.04. The number of fused-ring (bicyclic) bond motifs is 14. The van der Waals surface area contributed by atoms with E-state index in [1.807, 2.05) is 0 Å². The number of carbonyl (C=O) groups excluding carboxylic acids is 7. The van der Waals surface area contributed by atoms with E-state index in [-0.39, 0.29) is 44.5 Å². The Morgan fingerprint density at radius 2 is 1.05 bits per heavy atom. The first-order valence-electron chi connectivity index (χ1n) is 37.1. The van der Waals surface area contributed by atoms with Crippen molar-refractivity contribution in [2.45, 2.75) is 154 Å². The van der Waals surface area contributed by atoms with Crippen molar-refractivity contribution in [3.63, 3.8) is 0 Å². The average Bonchev–Trinajstić information content (AvgIpc) is 0.745. The summed E-state index contributed by atoms with van der Waals surface area (Å²) in [5.74, 6) is -18.6. The number of benzene rings is 7. The molecule has 9 aliphatic heterocycles. The van der Waals surface area contributed by atoms with Crippen LogP contribution in [0.25, 0.3) is 11.1 Å². The number of hydrogen-bond acceptors (Lipinski definition) is 33. The molecule has 7 aromatic carbocycles. The number of nitrogens with two attached hydrogens (primary N) is 2. The Bertz CT molecular complexity index is 5240. The van der Waals surface area contributed by atoms with Gasteiger partial charge in [-0.25, -0.2) is 4.79 Å². The normalized spacial score (nSPS) is 30.5. The zero-order valence-electron chi connectivity index (χ0n) is 62.6. The van der Waals surface area contributed by atoms with Crippen LogP contribution in [-0.2, 0) is 63.7 Å². The Kier molecular flexibility index (Phi) is 24.7. The number of hydrogen-bond donors (Lipinski definition) is 24. The number of aromatic hydroxyl groups is 4. The molecule has 0 saturated carbocycles. The van der Waals surface area contributed by atoms with Gasteiger partial charge in [-0.1, -0.05) is 47.5 Å². The van der Waals surface area contributed by atoms with Crippen LogP contribution in [0.4, 0.5) is 0 Å². The van der Waals surface area contributed by atoms with Crippen LogP contribution < -0.4 is 72.4 Å². The SMILES string of the molecule is CC(=O)NC1[C@H](OC2c3ccc(c(Cl)c3)Oc3cc4cc(c3O[C@@H]3O[C@H](CO)C(O)[C@H](O)C3N)Oc3ccc(cc3Cl)C[C@H]3NC(=O)C(N)c5ccc(O)c(c5)Oc5cc(O)cc(c5)[C@H](NC3=O)C(=O)N[C@H]4C(=O)NC3C(=O)NC2C(=O)N[C@@H](C(=O)O)c2cc(O)cc(O[C@H]4OC(CO)[C@@H](O)C(O)C4O)c2-c2cc3ccc2O)O[C@H](CO)C(O)[C@@H]1O. The van der Waals surface area contributed by atoms with Crippen LogP contribution in [0.2, 0.25) is 10.0 Å². The summed E-state index contributed by atoms with van der Waals surface area (Å²) in [6.45, 7) is -2.10. The number of carbonyl (C=O) groups is 8. The number of halogens is 2. The van der Waals surface area contributed by atoms with E-state index in [9.17, 15) is 91.0 Å². The number of carboxylic acids is 1. The number of carboxylic acid groups (broad SMARTS) is 1.